The molecule has 15 heavy (non-hydrogen) atoms. The summed E-state index contributed by atoms with van der Waals surface area (Å²) in [6.07, 6.45) is 1.78. The maximum atomic E-state index is 11.7. The molecule has 0 aromatic carbocycles. The average molecular weight is 214 g/mol. The number of carbonyl (C=O) groups excluding carboxylic acids is 1. The van der Waals surface area contributed by atoms with Gasteiger partial charge in [-0.05, 0) is 40.5 Å². The van der Waals surface area contributed by atoms with Crippen LogP contribution in [0.4, 0.5) is 0 Å². The van der Waals surface area contributed by atoms with Crippen molar-refractivity contribution in [2.24, 2.45) is 11.1 Å². The number of hydrogen-bond donors (Lipinski definition) is 1. The van der Waals surface area contributed by atoms with Crippen LogP contribution in [0, 0.1) is 5.41 Å². The van der Waals surface area contributed by atoms with Gasteiger partial charge in [-0.1, -0.05) is 0 Å². The Labute approximate surface area is 91.7 Å². The second-order valence-electron chi connectivity index (χ2n) is 5.40. The minimum atomic E-state index is -0.445. The third kappa shape index (κ3) is 3.47. The normalized spacial score (nSPS) is 28.9. The molecule has 1 aliphatic heterocycles. The number of piperidine rings is 1. The molecule has 0 aromatic rings. The van der Waals surface area contributed by atoms with E-state index in [-0.39, 0.29) is 18.1 Å². The van der Waals surface area contributed by atoms with Gasteiger partial charge in [-0.15, -0.1) is 5.06 Å². The van der Waals surface area contributed by atoms with Crippen LogP contribution in [0.3, 0.4) is 0 Å². The summed E-state index contributed by atoms with van der Waals surface area (Å²) in [4.78, 5) is 17.0. The van der Waals surface area contributed by atoms with E-state index in [2.05, 4.69) is 0 Å². The Balaban J connectivity index is 2.49. The molecule has 1 rings (SSSR count). The summed E-state index contributed by atoms with van der Waals surface area (Å²) in [5, 5.41) is 1.76. The SMILES string of the molecule is CC1CC(N)CCN1OC(=O)C(C)(C)C. The van der Waals surface area contributed by atoms with Gasteiger partial charge in [-0.3, -0.25) is 0 Å². The number of rotatable bonds is 1. The summed E-state index contributed by atoms with van der Waals surface area (Å²) in [5.74, 6) is -0.176. The zero-order valence-electron chi connectivity index (χ0n) is 10.1. The first-order chi connectivity index (χ1) is 6.80. The highest BCUT2D eigenvalue weighted by molar-refractivity contribution is 5.75. The van der Waals surface area contributed by atoms with E-state index in [1.54, 1.807) is 5.06 Å². The third-order valence-corrected chi connectivity index (χ3v) is 2.67. The lowest BCUT2D eigenvalue weighted by molar-refractivity contribution is -0.216. The zero-order valence-corrected chi connectivity index (χ0v) is 10.1. The highest BCUT2D eigenvalue weighted by atomic mass is 16.7. The molecule has 1 aliphatic rings. The predicted octanol–water partition coefficient (Wildman–Crippen LogP) is 1.30. The summed E-state index contributed by atoms with van der Waals surface area (Å²) in [7, 11) is 0. The topological polar surface area (TPSA) is 55.6 Å². The van der Waals surface area contributed by atoms with Gasteiger partial charge in [0, 0.05) is 18.6 Å². The third-order valence-electron chi connectivity index (χ3n) is 2.67. The number of hydrogen-bond acceptors (Lipinski definition) is 4. The van der Waals surface area contributed by atoms with Crippen LogP contribution in [0.25, 0.3) is 0 Å². The summed E-state index contributed by atoms with van der Waals surface area (Å²) < 4.78 is 0. The van der Waals surface area contributed by atoms with Gasteiger partial charge >= 0.3 is 5.97 Å². The second-order valence-corrected chi connectivity index (χ2v) is 5.40. The molecule has 88 valence electrons. The van der Waals surface area contributed by atoms with Crippen molar-refractivity contribution in [1.29, 1.82) is 0 Å². The predicted molar refractivity (Wildman–Crippen MR) is 58.9 cm³/mol. The van der Waals surface area contributed by atoms with Crippen LogP contribution < -0.4 is 5.73 Å². The Morgan fingerprint density at radius 1 is 1.47 bits per heavy atom. The number of nitrogens with two attached hydrogens (primary N) is 1. The lowest BCUT2D eigenvalue weighted by Crippen LogP contribution is -2.47. The molecular formula is C11H22N2O2. The van der Waals surface area contributed by atoms with Crippen molar-refractivity contribution in [3.63, 3.8) is 0 Å². The van der Waals surface area contributed by atoms with E-state index in [4.69, 9.17) is 10.6 Å². The van der Waals surface area contributed by atoms with Gasteiger partial charge in [0.2, 0.25) is 0 Å². The monoisotopic (exact) mass is 214 g/mol. The Hall–Kier alpha value is -0.610. The van der Waals surface area contributed by atoms with Gasteiger partial charge in [0.1, 0.15) is 0 Å². The maximum absolute atomic E-state index is 11.7. The molecule has 0 amide bonds. The Bertz CT molecular complexity index is 235. The van der Waals surface area contributed by atoms with E-state index in [0.29, 0.717) is 0 Å². The number of hydroxylamine groups is 2. The minimum absolute atomic E-state index is 0.176. The van der Waals surface area contributed by atoms with Crippen molar-refractivity contribution in [2.75, 3.05) is 6.54 Å². The summed E-state index contributed by atoms with van der Waals surface area (Å²) in [5.41, 5.74) is 5.39. The molecule has 0 aromatic heterocycles. The molecule has 0 bridgehead atoms. The fourth-order valence-electron chi connectivity index (χ4n) is 1.57. The van der Waals surface area contributed by atoms with Crippen LogP contribution in [-0.4, -0.2) is 29.7 Å². The Kier molecular flexibility index (Phi) is 3.73. The Morgan fingerprint density at radius 3 is 2.53 bits per heavy atom. The van der Waals surface area contributed by atoms with E-state index in [1.165, 1.54) is 0 Å². The highest BCUT2D eigenvalue weighted by Crippen LogP contribution is 2.21. The quantitative estimate of drug-likeness (QED) is 0.715. The van der Waals surface area contributed by atoms with Gasteiger partial charge in [-0.2, -0.15) is 0 Å². The van der Waals surface area contributed by atoms with Crippen LogP contribution >= 0.6 is 0 Å². The molecule has 0 spiro atoms. The molecular weight excluding hydrogens is 192 g/mol. The zero-order chi connectivity index (χ0) is 11.6. The molecule has 1 saturated heterocycles. The molecule has 1 fully saturated rings. The number of nitrogens with zero attached hydrogens (tertiary/aromatic N) is 1. The van der Waals surface area contributed by atoms with Gasteiger partial charge in [0.05, 0.1) is 5.41 Å². The van der Waals surface area contributed by atoms with Crippen LogP contribution in [0.5, 0.6) is 0 Å². The molecule has 4 nitrogen and oxygen atoms in total. The summed E-state index contributed by atoms with van der Waals surface area (Å²) >= 11 is 0. The summed E-state index contributed by atoms with van der Waals surface area (Å²) in [6.45, 7) is 8.35. The average Bonchev–Trinajstić information content (AvgIpc) is 2.08. The number of carbonyl (C=O) groups is 1. The summed E-state index contributed by atoms with van der Waals surface area (Å²) in [6, 6.07) is 0.463. The van der Waals surface area contributed by atoms with Crippen molar-refractivity contribution >= 4 is 5.97 Å². The van der Waals surface area contributed by atoms with E-state index in [0.717, 1.165) is 19.4 Å². The molecule has 2 N–H and O–H groups in total. The van der Waals surface area contributed by atoms with Gasteiger partial charge < -0.3 is 10.6 Å². The first-order valence-electron chi connectivity index (χ1n) is 5.55. The van der Waals surface area contributed by atoms with Crippen molar-refractivity contribution < 1.29 is 9.63 Å². The fourth-order valence-corrected chi connectivity index (χ4v) is 1.57. The molecule has 1 heterocycles. The van der Waals surface area contributed by atoms with Crippen molar-refractivity contribution in [3.8, 4) is 0 Å². The minimum Gasteiger partial charge on any atom is -0.367 e. The smallest absolute Gasteiger partial charge is 0.330 e. The lowest BCUT2D eigenvalue weighted by atomic mass is 9.97. The second kappa shape index (κ2) is 4.49. The molecule has 2 atom stereocenters. The van der Waals surface area contributed by atoms with E-state index in [1.807, 2.05) is 27.7 Å². The largest absolute Gasteiger partial charge is 0.367 e. The molecule has 4 heteroatoms. The Morgan fingerprint density at radius 2 is 2.07 bits per heavy atom. The van der Waals surface area contributed by atoms with Crippen LogP contribution in [0.15, 0.2) is 0 Å². The van der Waals surface area contributed by atoms with Gasteiger partial charge in [-0.25, -0.2) is 4.79 Å². The molecule has 2 unspecified atom stereocenters. The first kappa shape index (κ1) is 12.5. The van der Waals surface area contributed by atoms with Crippen molar-refractivity contribution in [1.82, 2.24) is 5.06 Å². The van der Waals surface area contributed by atoms with E-state index >= 15 is 0 Å². The van der Waals surface area contributed by atoms with E-state index in [9.17, 15) is 4.79 Å². The van der Waals surface area contributed by atoms with Crippen molar-refractivity contribution in [2.45, 2.75) is 52.6 Å². The van der Waals surface area contributed by atoms with E-state index < -0.39 is 5.41 Å². The highest BCUT2D eigenvalue weighted by Gasteiger charge is 2.30. The van der Waals surface area contributed by atoms with Crippen LogP contribution in [0.2, 0.25) is 0 Å². The van der Waals surface area contributed by atoms with Crippen LogP contribution in [0.1, 0.15) is 40.5 Å². The van der Waals surface area contributed by atoms with Crippen molar-refractivity contribution in [3.05, 3.63) is 0 Å². The van der Waals surface area contributed by atoms with Crippen LogP contribution in [-0.2, 0) is 9.63 Å². The standard InChI is InChI=1S/C11H22N2O2/c1-8-7-9(12)5-6-13(8)15-10(14)11(2,3)4/h8-9H,5-7,12H2,1-4H3. The molecule has 0 saturated carbocycles. The van der Waals surface area contributed by atoms with Gasteiger partial charge in [0.15, 0.2) is 0 Å². The van der Waals surface area contributed by atoms with Gasteiger partial charge in [0.25, 0.3) is 0 Å². The fraction of sp³-hybridized carbons (Fsp3) is 0.909. The molecule has 0 aliphatic carbocycles. The first-order valence-corrected chi connectivity index (χ1v) is 5.55. The maximum Gasteiger partial charge on any atom is 0.330 e. The lowest BCUT2D eigenvalue weighted by Gasteiger charge is -2.35. The molecule has 0 radical (unpaired) electrons.